The van der Waals surface area contributed by atoms with E-state index in [1.54, 1.807) is 0 Å². The van der Waals surface area contributed by atoms with Gasteiger partial charge in [0.25, 0.3) is 5.78 Å². The molecule has 9 heteroatoms. The molecule has 0 aliphatic rings. The molecule has 0 fully saturated rings. The second-order valence-corrected chi connectivity index (χ2v) is 2.73. The van der Waals surface area contributed by atoms with E-state index in [2.05, 4.69) is 4.52 Å². The normalized spacial score (nSPS) is 10.2. The van der Waals surface area contributed by atoms with E-state index >= 15 is 0 Å². The molecule has 0 bridgehead atoms. The van der Waals surface area contributed by atoms with Crippen LogP contribution in [-0.4, -0.2) is 82.1 Å². The first-order chi connectivity index (χ1) is 4.83. The minimum Gasteiger partial charge on any atom is -0.475 e. The Morgan fingerprint density at radius 2 is 1.75 bits per heavy atom. The number of aliphatic carboxylic acids is 1. The molecule has 2 radical (unpaired) electrons. The molecule has 0 saturated heterocycles. The number of phosphoric acid groups is 1. The van der Waals surface area contributed by atoms with Crippen LogP contribution in [0.3, 0.4) is 0 Å². The average Bonchev–Trinajstić information content (AvgIpc) is 1.80. The van der Waals surface area contributed by atoms with E-state index in [0.717, 1.165) is 0 Å². The van der Waals surface area contributed by atoms with Gasteiger partial charge in [-0.25, -0.2) is 9.36 Å². The van der Waals surface area contributed by atoms with E-state index in [9.17, 15) is 14.2 Å². The van der Waals surface area contributed by atoms with Crippen molar-refractivity contribution < 1.29 is 33.6 Å². The van der Waals surface area contributed by atoms with Gasteiger partial charge in [0.1, 0.15) is 6.61 Å². The molecule has 0 saturated carbocycles. The zero-order valence-corrected chi connectivity index (χ0v) is 11.2. The van der Waals surface area contributed by atoms with Crippen LogP contribution in [-0.2, 0) is 18.7 Å². The van der Waals surface area contributed by atoms with Crippen molar-refractivity contribution in [2.45, 2.75) is 0 Å². The van der Waals surface area contributed by atoms with E-state index in [-0.39, 0.29) is 48.9 Å². The van der Waals surface area contributed by atoms with Gasteiger partial charge in [-0.05, 0) is 0 Å². The minimum absolute atomic E-state index is 0. The number of carbonyl (C=O) groups is 2. The predicted octanol–water partition coefficient (Wildman–Crippen LogP) is -1.63. The summed E-state index contributed by atoms with van der Waals surface area (Å²) in [4.78, 5) is 35.8. The maximum atomic E-state index is 10.1. The standard InChI is InChI=1S/C3H5O7P.Ba/c4-2(3(5)6)1-10-11(7,8)9;/h1H2,(H,5,6)(H2,7,8,9);. The second-order valence-electron chi connectivity index (χ2n) is 1.49. The van der Waals surface area contributed by atoms with Gasteiger partial charge in [0.05, 0.1) is 0 Å². The Balaban J connectivity index is 0. The molecule has 0 aromatic heterocycles. The van der Waals surface area contributed by atoms with Crippen LogP contribution in [0.4, 0.5) is 0 Å². The van der Waals surface area contributed by atoms with Crippen LogP contribution in [0.15, 0.2) is 0 Å². The number of carbonyl (C=O) groups excluding carboxylic acids is 1. The molecule has 0 rings (SSSR count). The molecule has 0 heterocycles. The predicted molar refractivity (Wildman–Crippen MR) is 36.4 cm³/mol. The summed E-state index contributed by atoms with van der Waals surface area (Å²) in [5.41, 5.74) is 0. The molecule has 3 N–H and O–H groups in total. The number of phosphoric ester groups is 1. The summed E-state index contributed by atoms with van der Waals surface area (Å²) in [6.07, 6.45) is 0. The topological polar surface area (TPSA) is 121 Å². The van der Waals surface area contributed by atoms with Crippen molar-refractivity contribution in [1.82, 2.24) is 0 Å². The van der Waals surface area contributed by atoms with Crippen molar-refractivity contribution in [3.63, 3.8) is 0 Å². The molecule has 0 aliphatic heterocycles. The minimum atomic E-state index is -4.74. The summed E-state index contributed by atoms with van der Waals surface area (Å²) < 4.78 is 13.5. The van der Waals surface area contributed by atoms with E-state index in [4.69, 9.17) is 14.9 Å². The van der Waals surface area contributed by atoms with Crippen molar-refractivity contribution in [1.29, 1.82) is 0 Å². The van der Waals surface area contributed by atoms with Gasteiger partial charge in [-0.2, -0.15) is 0 Å². The van der Waals surface area contributed by atoms with E-state index in [0.29, 0.717) is 0 Å². The third-order valence-corrected chi connectivity index (χ3v) is 1.07. The monoisotopic (exact) mass is 322 g/mol. The zero-order valence-electron chi connectivity index (χ0n) is 5.84. The van der Waals surface area contributed by atoms with Crippen LogP contribution in [0.5, 0.6) is 0 Å². The van der Waals surface area contributed by atoms with Crippen LogP contribution >= 0.6 is 7.82 Å². The maximum Gasteiger partial charge on any atom is 0.470 e. The molecular formula is C3H5BaO7P. The fraction of sp³-hybridized carbons (Fsp3) is 0.333. The Kier molecular flexibility index (Phi) is 8.03. The van der Waals surface area contributed by atoms with Gasteiger partial charge < -0.3 is 14.9 Å². The molecule has 7 nitrogen and oxygen atoms in total. The number of hydrogen-bond donors (Lipinski definition) is 3. The number of hydrogen-bond acceptors (Lipinski definition) is 4. The van der Waals surface area contributed by atoms with Crippen molar-refractivity contribution in [3.8, 4) is 0 Å². The Bertz CT molecular complexity index is 219. The van der Waals surface area contributed by atoms with Crippen LogP contribution < -0.4 is 0 Å². The molecule has 0 unspecified atom stereocenters. The van der Waals surface area contributed by atoms with Gasteiger partial charge in [-0.3, -0.25) is 9.32 Å². The van der Waals surface area contributed by atoms with Gasteiger partial charge in [0.15, 0.2) is 0 Å². The largest absolute Gasteiger partial charge is 0.475 e. The summed E-state index contributed by atoms with van der Waals surface area (Å²) in [5, 5.41) is 7.90. The van der Waals surface area contributed by atoms with Gasteiger partial charge in [-0.15, -0.1) is 0 Å². The summed E-state index contributed by atoms with van der Waals surface area (Å²) in [6, 6.07) is 0. The van der Waals surface area contributed by atoms with Gasteiger partial charge in [0.2, 0.25) is 0 Å². The van der Waals surface area contributed by atoms with Gasteiger partial charge in [-0.1, -0.05) is 0 Å². The quantitative estimate of drug-likeness (QED) is 0.323. The first-order valence-corrected chi connectivity index (χ1v) is 3.82. The first kappa shape index (κ1) is 15.3. The Morgan fingerprint density at radius 1 is 1.33 bits per heavy atom. The van der Waals surface area contributed by atoms with E-state index in [1.807, 2.05) is 0 Å². The summed E-state index contributed by atoms with van der Waals surface area (Å²) >= 11 is 0. The number of rotatable bonds is 4. The third kappa shape index (κ3) is 8.91. The Morgan fingerprint density at radius 3 is 2.00 bits per heavy atom. The zero-order chi connectivity index (χ0) is 9.07. The van der Waals surface area contributed by atoms with Crippen molar-refractivity contribution in [2.24, 2.45) is 0 Å². The molecule has 12 heavy (non-hydrogen) atoms. The average molecular weight is 321 g/mol. The SMILES string of the molecule is O=C(O)C(=O)COP(=O)(O)O.[Ba]. The number of Topliss-reactive ketones (excluding diaryl/α,β-unsaturated/α-hetero) is 1. The van der Waals surface area contributed by atoms with Crippen molar-refractivity contribution in [2.75, 3.05) is 6.61 Å². The smallest absolute Gasteiger partial charge is 0.470 e. The fourth-order valence-corrected chi connectivity index (χ4v) is 0.490. The fourth-order valence-electron chi connectivity index (χ4n) is 0.204. The summed E-state index contributed by atoms with van der Waals surface area (Å²) in [6.45, 7) is -1.13. The van der Waals surface area contributed by atoms with E-state index < -0.39 is 26.2 Å². The van der Waals surface area contributed by atoms with Gasteiger partial charge in [0, 0.05) is 48.9 Å². The van der Waals surface area contributed by atoms with Crippen molar-refractivity contribution >= 4 is 68.5 Å². The summed E-state index contributed by atoms with van der Waals surface area (Å²) in [7, 11) is -4.74. The van der Waals surface area contributed by atoms with E-state index in [1.165, 1.54) is 0 Å². The van der Waals surface area contributed by atoms with Crippen LogP contribution in [0, 0.1) is 0 Å². The molecular weight excluding hydrogens is 316 g/mol. The number of carboxylic acids is 1. The van der Waals surface area contributed by atoms with Crippen molar-refractivity contribution in [3.05, 3.63) is 0 Å². The molecule has 0 aromatic carbocycles. The Labute approximate surface area is 107 Å². The first-order valence-electron chi connectivity index (χ1n) is 2.29. The number of carboxylic acid groups (broad SMARTS) is 1. The third-order valence-electron chi connectivity index (χ3n) is 0.602. The second kappa shape index (κ2) is 6.30. The maximum absolute atomic E-state index is 10.1. The molecule has 0 spiro atoms. The van der Waals surface area contributed by atoms with Gasteiger partial charge >= 0.3 is 13.8 Å². The molecule has 66 valence electrons. The van der Waals surface area contributed by atoms with Crippen LogP contribution in [0.1, 0.15) is 0 Å². The molecule has 0 amide bonds. The molecule has 0 atom stereocenters. The van der Waals surface area contributed by atoms with Crippen LogP contribution in [0.2, 0.25) is 0 Å². The summed E-state index contributed by atoms with van der Waals surface area (Å²) in [5.74, 6) is -3.20. The molecule has 0 aliphatic carbocycles. The van der Waals surface area contributed by atoms with Crippen LogP contribution in [0.25, 0.3) is 0 Å². The molecule has 0 aromatic rings. The number of ketones is 1. The Hall–Kier alpha value is 0.821.